The van der Waals surface area contributed by atoms with E-state index >= 15 is 0 Å². The first-order valence-corrected chi connectivity index (χ1v) is 6.93. The number of hydrogen-bond donors (Lipinski definition) is 1. The van der Waals surface area contributed by atoms with Gasteiger partial charge in [-0.2, -0.15) is 0 Å². The molecule has 0 saturated heterocycles. The van der Waals surface area contributed by atoms with Crippen molar-refractivity contribution in [2.45, 2.75) is 19.8 Å². The minimum Gasteiger partial charge on any atom is -0.351 e. The normalized spacial score (nSPS) is 12.1. The van der Waals surface area contributed by atoms with E-state index in [1.54, 1.807) is 0 Å². The van der Waals surface area contributed by atoms with Gasteiger partial charge < -0.3 is 5.32 Å². The van der Waals surface area contributed by atoms with Gasteiger partial charge in [0.05, 0.1) is 4.88 Å². The van der Waals surface area contributed by atoms with Gasteiger partial charge in [0.2, 0.25) is 0 Å². The van der Waals surface area contributed by atoms with Crippen LogP contribution in [0, 0.1) is 6.92 Å². The second kappa shape index (κ2) is 5.83. The Labute approximate surface area is 112 Å². The predicted molar refractivity (Wildman–Crippen MR) is 76.2 cm³/mol. The average molecular weight is 259 g/mol. The number of aryl methyl sites for hydroxylation is 1. The molecule has 2 aromatic rings. The Bertz CT molecular complexity index is 518. The van der Waals surface area contributed by atoms with E-state index in [2.05, 4.69) is 24.4 Å². The zero-order chi connectivity index (χ0) is 13.0. The van der Waals surface area contributed by atoms with Crippen LogP contribution in [0.2, 0.25) is 0 Å². The number of amides is 1. The summed E-state index contributed by atoms with van der Waals surface area (Å²) in [6.07, 6.45) is 0. The van der Waals surface area contributed by atoms with Gasteiger partial charge in [-0.05, 0) is 35.4 Å². The van der Waals surface area contributed by atoms with E-state index in [4.69, 9.17) is 0 Å². The van der Waals surface area contributed by atoms with Gasteiger partial charge in [0, 0.05) is 6.54 Å². The van der Waals surface area contributed by atoms with Crippen LogP contribution in [0.4, 0.5) is 0 Å². The van der Waals surface area contributed by atoms with E-state index < -0.39 is 0 Å². The van der Waals surface area contributed by atoms with Crippen molar-refractivity contribution >= 4 is 17.2 Å². The monoisotopic (exact) mass is 259 g/mol. The zero-order valence-corrected chi connectivity index (χ0v) is 11.5. The van der Waals surface area contributed by atoms with Crippen LogP contribution in [-0.2, 0) is 0 Å². The molecule has 1 heterocycles. The highest BCUT2D eigenvalue weighted by molar-refractivity contribution is 7.12. The van der Waals surface area contributed by atoms with Crippen molar-refractivity contribution in [3.63, 3.8) is 0 Å². The van der Waals surface area contributed by atoms with Crippen molar-refractivity contribution in [2.24, 2.45) is 0 Å². The number of carbonyl (C=O) groups excluding carboxylic acids is 1. The van der Waals surface area contributed by atoms with Crippen LogP contribution in [0.1, 0.15) is 33.6 Å². The van der Waals surface area contributed by atoms with Gasteiger partial charge in [0.1, 0.15) is 0 Å². The van der Waals surface area contributed by atoms with Crippen LogP contribution in [0.5, 0.6) is 0 Å². The van der Waals surface area contributed by atoms with E-state index in [9.17, 15) is 4.79 Å². The molecular weight excluding hydrogens is 242 g/mol. The molecule has 0 aliphatic carbocycles. The first-order chi connectivity index (χ1) is 8.68. The second-order valence-electron chi connectivity index (χ2n) is 4.45. The SMILES string of the molecule is Cc1ccsc1C(=O)NC[C@H](C)c1ccccc1. The molecule has 0 aliphatic rings. The molecule has 0 bridgehead atoms. The van der Waals surface area contributed by atoms with E-state index in [1.165, 1.54) is 16.9 Å². The van der Waals surface area contributed by atoms with E-state index in [1.807, 2.05) is 36.6 Å². The van der Waals surface area contributed by atoms with Gasteiger partial charge in [-0.1, -0.05) is 37.3 Å². The predicted octanol–water partition coefficient (Wildman–Crippen LogP) is 3.59. The van der Waals surface area contributed by atoms with Crippen molar-refractivity contribution in [1.29, 1.82) is 0 Å². The maximum absolute atomic E-state index is 12.0. The van der Waals surface area contributed by atoms with Gasteiger partial charge in [-0.25, -0.2) is 0 Å². The average Bonchev–Trinajstić information content (AvgIpc) is 2.83. The lowest BCUT2D eigenvalue weighted by atomic mass is 10.0. The molecule has 1 amide bonds. The first kappa shape index (κ1) is 12.8. The van der Waals surface area contributed by atoms with Gasteiger partial charge >= 0.3 is 0 Å². The summed E-state index contributed by atoms with van der Waals surface area (Å²) >= 11 is 1.49. The van der Waals surface area contributed by atoms with Crippen molar-refractivity contribution in [1.82, 2.24) is 5.32 Å². The van der Waals surface area contributed by atoms with Gasteiger partial charge in [-0.15, -0.1) is 11.3 Å². The molecule has 0 radical (unpaired) electrons. The number of benzene rings is 1. The molecule has 0 spiro atoms. The van der Waals surface area contributed by atoms with Crippen LogP contribution < -0.4 is 5.32 Å². The number of rotatable bonds is 4. The Morgan fingerprint density at radius 1 is 1.28 bits per heavy atom. The number of nitrogens with one attached hydrogen (secondary N) is 1. The largest absolute Gasteiger partial charge is 0.351 e. The molecule has 1 aromatic carbocycles. The summed E-state index contributed by atoms with van der Waals surface area (Å²) in [5.74, 6) is 0.362. The lowest BCUT2D eigenvalue weighted by Crippen LogP contribution is -2.27. The van der Waals surface area contributed by atoms with Gasteiger partial charge in [-0.3, -0.25) is 4.79 Å². The molecule has 0 fully saturated rings. The van der Waals surface area contributed by atoms with Crippen molar-refractivity contribution in [3.05, 3.63) is 57.8 Å². The Kier molecular flexibility index (Phi) is 4.15. The summed E-state index contributed by atoms with van der Waals surface area (Å²) in [5, 5.41) is 4.94. The van der Waals surface area contributed by atoms with E-state index in [-0.39, 0.29) is 5.91 Å². The highest BCUT2D eigenvalue weighted by atomic mass is 32.1. The first-order valence-electron chi connectivity index (χ1n) is 6.05. The molecule has 94 valence electrons. The second-order valence-corrected chi connectivity index (χ2v) is 5.37. The Hall–Kier alpha value is -1.61. The fraction of sp³-hybridized carbons (Fsp3) is 0.267. The molecule has 1 aromatic heterocycles. The van der Waals surface area contributed by atoms with Crippen LogP contribution in [0.25, 0.3) is 0 Å². The van der Waals surface area contributed by atoms with E-state index in [0.717, 1.165) is 10.4 Å². The Morgan fingerprint density at radius 2 is 2.00 bits per heavy atom. The molecule has 18 heavy (non-hydrogen) atoms. The fourth-order valence-corrected chi connectivity index (χ4v) is 2.67. The standard InChI is InChI=1S/C15H17NOS/c1-11-8-9-18-14(11)15(17)16-10-12(2)13-6-4-3-5-7-13/h3-9,12H,10H2,1-2H3,(H,16,17)/t12-/m0/s1. The summed E-state index contributed by atoms with van der Waals surface area (Å²) < 4.78 is 0. The highest BCUT2D eigenvalue weighted by Gasteiger charge is 2.12. The molecule has 0 saturated carbocycles. The number of carbonyl (C=O) groups is 1. The molecule has 1 N–H and O–H groups in total. The highest BCUT2D eigenvalue weighted by Crippen LogP contribution is 2.16. The fourth-order valence-electron chi connectivity index (χ4n) is 1.83. The maximum atomic E-state index is 12.0. The summed E-state index contributed by atoms with van der Waals surface area (Å²) in [4.78, 5) is 12.8. The van der Waals surface area contributed by atoms with Crippen LogP contribution in [0.3, 0.4) is 0 Å². The topological polar surface area (TPSA) is 29.1 Å². The van der Waals surface area contributed by atoms with Crippen molar-refractivity contribution < 1.29 is 4.79 Å². The van der Waals surface area contributed by atoms with E-state index in [0.29, 0.717) is 12.5 Å². The molecule has 3 heteroatoms. The minimum atomic E-state index is 0.0327. The van der Waals surface area contributed by atoms with Crippen LogP contribution in [0.15, 0.2) is 41.8 Å². The molecular formula is C15H17NOS. The van der Waals surface area contributed by atoms with Gasteiger partial charge in [0.25, 0.3) is 5.91 Å². The lowest BCUT2D eigenvalue weighted by molar-refractivity contribution is 0.0955. The lowest BCUT2D eigenvalue weighted by Gasteiger charge is -2.12. The Morgan fingerprint density at radius 3 is 2.61 bits per heavy atom. The molecule has 1 atom stereocenters. The quantitative estimate of drug-likeness (QED) is 0.893. The summed E-state index contributed by atoms with van der Waals surface area (Å²) in [5.41, 5.74) is 2.30. The smallest absolute Gasteiger partial charge is 0.261 e. The Balaban J connectivity index is 1.93. The zero-order valence-electron chi connectivity index (χ0n) is 10.6. The number of hydrogen-bond acceptors (Lipinski definition) is 2. The maximum Gasteiger partial charge on any atom is 0.261 e. The van der Waals surface area contributed by atoms with Crippen molar-refractivity contribution in [2.75, 3.05) is 6.54 Å². The number of thiophene rings is 1. The van der Waals surface area contributed by atoms with Crippen LogP contribution >= 0.6 is 11.3 Å². The van der Waals surface area contributed by atoms with Crippen molar-refractivity contribution in [3.8, 4) is 0 Å². The minimum absolute atomic E-state index is 0.0327. The third kappa shape index (κ3) is 2.99. The molecule has 0 unspecified atom stereocenters. The summed E-state index contributed by atoms with van der Waals surface area (Å²) in [7, 11) is 0. The molecule has 2 nitrogen and oxygen atoms in total. The molecule has 0 aliphatic heterocycles. The third-order valence-corrected chi connectivity index (χ3v) is 4.02. The van der Waals surface area contributed by atoms with Crippen LogP contribution in [-0.4, -0.2) is 12.5 Å². The summed E-state index contributed by atoms with van der Waals surface area (Å²) in [6.45, 7) is 4.75. The summed E-state index contributed by atoms with van der Waals surface area (Å²) in [6, 6.07) is 12.2. The third-order valence-electron chi connectivity index (χ3n) is 3.01. The van der Waals surface area contributed by atoms with Gasteiger partial charge in [0.15, 0.2) is 0 Å². The molecule has 2 rings (SSSR count).